The molecule has 0 bridgehead atoms. The summed E-state index contributed by atoms with van der Waals surface area (Å²) < 4.78 is 1.47. The molecule has 2 rings (SSSR count). The fourth-order valence-corrected chi connectivity index (χ4v) is 5.74. The highest BCUT2D eigenvalue weighted by molar-refractivity contribution is 8.03. The number of thiophene rings is 1. The molecule has 0 aliphatic rings. The molecule has 1 atom stereocenters. The Balaban J connectivity index is 1.77. The van der Waals surface area contributed by atoms with Gasteiger partial charge in [-0.2, -0.15) is 0 Å². The van der Waals surface area contributed by atoms with Gasteiger partial charge in [0, 0.05) is 11.4 Å². The van der Waals surface area contributed by atoms with Crippen molar-refractivity contribution in [3.8, 4) is 0 Å². The fourth-order valence-electron chi connectivity index (χ4n) is 2.13. The minimum Gasteiger partial charge on any atom is -0.355 e. The maximum absolute atomic E-state index is 12.3. The van der Waals surface area contributed by atoms with Crippen LogP contribution >= 0.6 is 46.2 Å². The molecule has 10 heteroatoms. The minimum atomic E-state index is -0.0181. The number of carbonyl (C=O) groups excluding carboxylic acids is 2. The van der Waals surface area contributed by atoms with E-state index in [0.717, 1.165) is 15.1 Å². The number of aromatic nitrogens is 2. The van der Waals surface area contributed by atoms with Crippen LogP contribution < -0.4 is 10.6 Å². The second kappa shape index (κ2) is 11.7. The highest BCUT2D eigenvalue weighted by Crippen LogP contribution is 2.29. The summed E-state index contributed by atoms with van der Waals surface area (Å²) in [6.07, 6.45) is 0.919. The Morgan fingerprint density at radius 3 is 2.37 bits per heavy atom. The molecule has 0 aromatic carbocycles. The van der Waals surface area contributed by atoms with E-state index in [4.69, 9.17) is 0 Å². The molecule has 0 fully saturated rings. The highest BCUT2D eigenvalue weighted by Gasteiger charge is 2.19. The van der Waals surface area contributed by atoms with E-state index in [1.807, 2.05) is 24.4 Å². The third-order valence-corrected chi connectivity index (χ3v) is 7.59. The van der Waals surface area contributed by atoms with E-state index >= 15 is 0 Å². The van der Waals surface area contributed by atoms with Gasteiger partial charge in [-0.05, 0) is 23.8 Å². The van der Waals surface area contributed by atoms with Crippen LogP contribution in [-0.2, 0) is 9.59 Å². The molecule has 2 heterocycles. The molecule has 0 saturated carbocycles. The lowest BCUT2D eigenvalue weighted by molar-refractivity contribution is -0.120. The van der Waals surface area contributed by atoms with E-state index < -0.39 is 0 Å². The molecular weight excluding hydrogens is 420 g/mol. The molecule has 2 N–H and O–H groups in total. The van der Waals surface area contributed by atoms with Crippen LogP contribution in [0, 0.1) is 5.92 Å². The molecule has 1 unspecified atom stereocenters. The number of carbonyl (C=O) groups is 2. The van der Waals surface area contributed by atoms with Crippen LogP contribution in [0.4, 0.5) is 0 Å². The topological polar surface area (TPSA) is 84.0 Å². The number of rotatable bonds is 11. The Bertz CT molecular complexity index is 718. The second-order valence-electron chi connectivity index (χ2n) is 6.07. The maximum atomic E-state index is 12.3. The SMILES string of the molecule is CCCNC(=O)CSc1nnc(SCC(=O)NC(c2cccs2)C(C)C)s1. The first kappa shape index (κ1) is 22.2. The molecule has 0 spiro atoms. The average molecular weight is 445 g/mol. The first-order valence-electron chi connectivity index (χ1n) is 8.68. The van der Waals surface area contributed by atoms with Gasteiger partial charge in [0.1, 0.15) is 0 Å². The molecule has 2 aromatic rings. The monoisotopic (exact) mass is 444 g/mol. The summed E-state index contributed by atoms with van der Waals surface area (Å²) in [6.45, 7) is 6.90. The summed E-state index contributed by atoms with van der Waals surface area (Å²) >= 11 is 5.80. The minimum absolute atomic E-state index is 0.000986. The third-order valence-electron chi connectivity index (χ3n) is 3.45. The van der Waals surface area contributed by atoms with Gasteiger partial charge in [-0.15, -0.1) is 21.5 Å². The molecule has 148 valence electrons. The van der Waals surface area contributed by atoms with Gasteiger partial charge in [0.25, 0.3) is 0 Å². The molecule has 6 nitrogen and oxygen atoms in total. The van der Waals surface area contributed by atoms with Gasteiger partial charge < -0.3 is 10.6 Å². The average Bonchev–Trinajstić information content (AvgIpc) is 3.32. The van der Waals surface area contributed by atoms with Crippen molar-refractivity contribution in [1.29, 1.82) is 0 Å². The van der Waals surface area contributed by atoms with Gasteiger partial charge in [0.05, 0.1) is 17.5 Å². The van der Waals surface area contributed by atoms with Gasteiger partial charge in [-0.1, -0.05) is 61.7 Å². The number of hydrogen-bond donors (Lipinski definition) is 2. The molecular formula is C17H24N4O2S4. The Kier molecular flexibility index (Phi) is 9.60. The van der Waals surface area contributed by atoms with Crippen LogP contribution in [0.1, 0.15) is 38.1 Å². The zero-order valence-corrected chi connectivity index (χ0v) is 18.8. The largest absolute Gasteiger partial charge is 0.355 e. The number of thioether (sulfide) groups is 2. The lowest BCUT2D eigenvalue weighted by atomic mass is 10.0. The molecule has 0 saturated heterocycles. The highest BCUT2D eigenvalue weighted by atomic mass is 32.2. The quantitative estimate of drug-likeness (QED) is 0.513. The van der Waals surface area contributed by atoms with Gasteiger partial charge in [0.15, 0.2) is 8.68 Å². The van der Waals surface area contributed by atoms with Crippen LogP contribution in [0.5, 0.6) is 0 Å². The zero-order valence-electron chi connectivity index (χ0n) is 15.6. The number of nitrogens with one attached hydrogen (secondary N) is 2. The molecule has 0 aliphatic carbocycles. The van der Waals surface area contributed by atoms with Crippen molar-refractivity contribution in [3.05, 3.63) is 22.4 Å². The van der Waals surface area contributed by atoms with Crippen molar-refractivity contribution >= 4 is 58.0 Å². The predicted molar refractivity (Wildman–Crippen MR) is 115 cm³/mol. The van der Waals surface area contributed by atoms with Crippen LogP contribution in [0.15, 0.2) is 26.2 Å². The Labute approximate surface area is 176 Å². The summed E-state index contributed by atoms with van der Waals surface area (Å²) in [5.74, 6) is 0.928. The van der Waals surface area contributed by atoms with Crippen LogP contribution in [-0.4, -0.2) is 40.1 Å². The van der Waals surface area contributed by atoms with Crippen molar-refractivity contribution in [2.75, 3.05) is 18.1 Å². The predicted octanol–water partition coefficient (Wildman–Crippen LogP) is 3.82. The second-order valence-corrected chi connectivity index (χ2v) is 10.5. The third kappa shape index (κ3) is 7.81. The summed E-state index contributed by atoms with van der Waals surface area (Å²) in [6, 6.07) is 4.08. The summed E-state index contributed by atoms with van der Waals surface area (Å²) in [7, 11) is 0. The normalized spacial score (nSPS) is 12.1. The Hall–Kier alpha value is -1.10. The van der Waals surface area contributed by atoms with Crippen molar-refractivity contribution in [2.24, 2.45) is 5.92 Å². The van der Waals surface area contributed by atoms with Crippen LogP contribution in [0.2, 0.25) is 0 Å². The summed E-state index contributed by atoms with van der Waals surface area (Å²) in [5.41, 5.74) is 0. The zero-order chi connectivity index (χ0) is 19.6. The van der Waals surface area contributed by atoms with Gasteiger partial charge in [-0.3, -0.25) is 9.59 Å². The molecule has 0 aliphatic heterocycles. The van der Waals surface area contributed by atoms with Crippen molar-refractivity contribution in [1.82, 2.24) is 20.8 Å². The van der Waals surface area contributed by atoms with E-state index in [-0.39, 0.29) is 17.9 Å². The van der Waals surface area contributed by atoms with Crippen LogP contribution in [0.3, 0.4) is 0 Å². The smallest absolute Gasteiger partial charge is 0.230 e. The lowest BCUT2D eigenvalue weighted by Gasteiger charge is -2.21. The van der Waals surface area contributed by atoms with E-state index in [1.165, 1.54) is 39.7 Å². The van der Waals surface area contributed by atoms with Crippen molar-refractivity contribution in [3.63, 3.8) is 0 Å². The van der Waals surface area contributed by atoms with Crippen molar-refractivity contribution in [2.45, 2.75) is 41.9 Å². The Morgan fingerprint density at radius 1 is 1.15 bits per heavy atom. The van der Waals surface area contributed by atoms with E-state index in [0.29, 0.717) is 24.0 Å². The first-order valence-corrected chi connectivity index (χ1v) is 12.3. The Morgan fingerprint density at radius 2 is 1.81 bits per heavy atom. The number of hydrogen-bond acceptors (Lipinski definition) is 8. The lowest BCUT2D eigenvalue weighted by Crippen LogP contribution is -2.32. The molecule has 0 radical (unpaired) electrons. The number of nitrogens with zero attached hydrogens (tertiary/aromatic N) is 2. The molecule has 2 aromatic heterocycles. The van der Waals surface area contributed by atoms with Gasteiger partial charge >= 0.3 is 0 Å². The van der Waals surface area contributed by atoms with E-state index in [1.54, 1.807) is 11.3 Å². The van der Waals surface area contributed by atoms with Crippen molar-refractivity contribution < 1.29 is 9.59 Å². The fraction of sp³-hybridized carbons (Fsp3) is 0.529. The maximum Gasteiger partial charge on any atom is 0.230 e. The summed E-state index contributed by atoms with van der Waals surface area (Å²) in [5, 5.41) is 16.1. The van der Waals surface area contributed by atoms with Gasteiger partial charge in [0.2, 0.25) is 11.8 Å². The van der Waals surface area contributed by atoms with Crippen LogP contribution in [0.25, 0.3) is 0 Å². The molecule has 2 amide bonds. The van der Waals surface area contributed by atoms with E-state index in [2.05, 4.69) is 34.7 Å². The standard InChI is InChI=1S/C17H24N4O2S4/c1-4-7-18-13(22)9-25-16-20-21-17(27-16)26-10-14(23)19-15(11(2)3)12-6-5-8-24-12/h5-6,8,11,15H,4,7,9-10H2,1-3H3,(H,18,22)(H,19,23). The number of amides is 2. The summed E-state index contributed by atoms with van der Waals surface area (Å²) in [4.78, 5) is 25.1. The molecule has 27 heavy (non-hydrogen) atoms. The van der Waals surface area contributed by atoms with Gasteiger partial charge in [-0.25, -0.2) is 0 Å². The van der Waals surface area contributed by atoms with E-state index in [9.17, 15) is 9.59 Å². The first-order chi connectivity index (χ1) is 13.0.